The number of hydrogen-bond acceptors (Lipinski definition) is 12. The van der Waals surface area contributed by atoms with E-state index in [4.69, 9.17) is 19.3 Å². The van der Waals surface area contributed by atoms with Crippen molar-refractivity contribution in [2.75, 3.05) is 13.2 Å². The molecule has 2 aliphatic heterocycles. The molecule has 0 saturated carbocycles. The lowest BCUT2D eigenvalue weighted by atomic mass is 9.97. The minimum Gasteiger partial charge on any atom is -0.450 e. The first-order valence-electron chi connectivity index (χ1n) is 7.69. The second-order valence-electron chi connectivity index (χ2n) is 5.88. The van der Waals surface area contributed by atoms with Crippen LogP contribution < -0.4 is 0 Å². The summed E-state index contributed by atoms with van der Waals surface area (Å²) in [4.78, 5) is 10.8. The van der Waals surface area contributed by atoms with Gasteiger partial charge in [-0.3, -0.25) is 0 Å². The van der Waals surface area contributed by atoms with E-state index in [9.17, 15) is 40.5 Å². The van der Waals surface area contributed by atoms with Gasteiger partial charge < -0.3 is 59.8 Å². The lowest BCUT2D eigenvalue weighted by molar-refractivity contribution is -0.355. The minimum atomic E-state index is -1.84. The highest BCUT2D eigenvalue weighted by molar-refractivity contribution is 5.57. The summed E-state index contributed by atoms with van der Waals surface area (Å²) in [5, 5.41) is 76.3. The second kappa shape index (κ2) is 8.71. The van der Waals surface area contributed by atoms with Gasteiger partial charge in [0.05, 0.1) is 13.2 Å². The summed E-state index contributed by atoms with van der Waals surface area (Å²) in [5.74, 6) is 0. The Kier molecular flexibility index (Phi) is 7.09. The summed E-state index contributed by atoms with van der Waals surface area (Å²) in [6.45, 7) is -1.51. The first-order valence-corrected chi connectivity index (χ1v) is 7.69. The molecule has 0 aromatic heterocycles. The third-order valence-corrected chi connectivity index (χ3v) is 4.19. The van der Waals surface area contributed by atoms with E-state index in [-0.39, 0.29) is 0 Å². The third-order valence-electron chi connectivity index (χ3n) is 4.19. The van der Waals surface area contributed by atoms with Crippen LogP contribution in [-0.2, 0) is 18.9 Å². The lowest BCUT2D eigenvalue weighted by Gasteiger charge is -2.45. The van der Waals surface area contributed by atoms with Crippen LogP contribution in [0, 0.1) is 0 Å². The molecule has 0 aliphatic carbocycles. The number of aliphatic hydroxyl groups excluding tert-OH is 7. The monoisotopic (exact) mass is 386 g/mol. The van der Waals surface area contributed by atoms with Gasteiger partial charge in [0.1, 0.15) is 42.7 Å². The van der Waals surface area contributed by atoms with Gasteiger partial charge in [0.25, 0.3) is 0 Å². The van der Waals surface area contributed by atoms with Crippen LogP contribution in [0.25, 0.3) is 0 Å². The van der Waals surface area contributed by atoms with E-state index in [2.05, 4.69) is 4.74 Å². The maximum absolute atomic E-state index is 10.8. The van der Waals surface area contributed by atoms with Crippen LogP contribution in [0.3, 0.4) is 0 Å². The molecule has 10 atom stereocenters. The highest BCUT2D eigenvalue weighted by Gasteiger charge is 2.51. The maximum Gasteiger partial charge on any atom is 0.506 e. The summed E-state index contributed by atoms with van der Waals surface area (Å²) in [6.07, 6.45) is -18.5. The maximum atomic E-state index is 10.8. The smallest absolute Gasteiger partial charge is 0.450 e. The average Bonchev–Trinajstić information content (AvgIpc) is 2.60. The summed E-state index contributed by atoms with van der Waals surface area (Å²) in [5.41, 5.74) is 0. The Morgan fingerprint density at radius 2 is 1.38 bits per heavy atom. The van der Waals surface area contributed by atoms with Crippen LogP contribution in [0.5, 0.6) is 0 Å². The molecule has 13 nitrogen and oxygen atoms in total. The van der Waals surface area contributed by atoms with Crippen LogP contribution in [-0.4, -0.2) is 122 Å². The molecule has 0 radical (unpaired) electrons. The normalized spacial score (nSPS) is 46.7. The molecule has 2 aliphatic rings. The van der Waals surface area contributed by atoms with Gasteiger partial charge in [-0.25, -0.2) is 4.79 Å². The molecule has 0 unspecified atom stereocenters. The van der Waals surface area contributed by atoms with E-state index < -0.39 is 80.8 Å². The molecule has 2 rings (SSSR count). The number of ether oxygens (including phenoxy) is 4. The Labute approximate surface area is 146 Å². The zero-order chi connectivity index (χ0) is 19.6. The Bertz CT molecular complexity index is 473. The summed E-state index contributed by atoms with van der Waals surface area (Å²) in [6, 6.07) is 0. The van der Waals surface area contributed by atoms with Crippen molar-refractivity contribution in [3.63, 3.8) is 0 Å². The van der Waals surface area contributed by atoms with Gasteiger partial charge in [0.15, 0.2) is 18.7 Å². The summed E-state index contributed by atoms with van der Waals surface area (Å²) >= 11 is 0. The Balaban J connectivity index is 2.22. The van der Waals surface area contributed by atoms with E-state index in [1.54, 1.807) is 0 Å². The molecule has 13 heteroatoms. The molecule has 0 bridgehead atoms. The van der Waals surface area contributed by atoms with Crippen molar-refractivity contribution in [2.24, 2.45) is 0 Å². The van der Waals surface area contributed by atoms with Crippen LogP contribution in [0.2, 0.25) is 0 Å². The molecule has 2 fully saturated rings. The number of carbonyl (C=O) groups is 1. The first kappa shape index (κ1) is 21.2. The van der Waals surface area contributed by atoms with Crippen LogP contribution in [0.1, 0.15) is 0 Å². The molecule has 26 heavy (non-hydrogen) atoms. The molecule has 0 aromatic carbocycles. The van der Waals surface area contributed by atoms with Crippen LogP contribution in [0.15, 0.2) is 0 Å². The molecule has 152 valence electrons. The fraction of sp³-hybridized carbons (Fsp3) is 0.923. The molecule has 2 saturated heterocycles. The van der Waals surface area contributed by atoms with Crippen molar-refractivity contribution in [3.8, 4) is 0 Å². The lowest BCUT2D eigenvalue weighted by Crippen LogP contribution is -2.65. The predicted molar refractivity (Wildman–Crippen MR) is 75.5 cm³/mol. The molecule has 0 amide bonds. The van der Waals surface area contributed by atoms with Crippen molar-refractivity contribution < 1.29 is 64.6 Å². The summed E-state index contributed by atoms with van der Waals surface area (Å²) < 4.78 is 19.8. The van der Waals surface area contributed by atoms with Crippen molar-refractivity contribution >= 4 is 6.16 Å². The van der Waals surface area contributed by atoms with Gasteiger partial charge >= 0.3 is 6.16 Å². The minimum absolute atomic E-state index is 0.753. The Morgan fingerprint density at radius 1 is 0.808 bits per heavy atom. The fourth-order valence-electron chi connectivity index (χ4n) is 2.80. The standard InChI is InChI=1S/C13H22O13/c14-1-3-5(16)6(17)10(26-13(21)22)12(24-3)25-9-4(2-15)23-11(20)8(19)7(9)18/h3-12,14-20H,1-2H2,(H,21,22)/t3-,4-,5+,6+,7-,8-,9-,10-,11-,12+/m1/s1. The van der Waals surface area contributed by atoms with Gasteiger partial charge in [-0.15, -0.1) is 0 Å². The fourth-order valence-corrected chi connectivity index (χ4v) is 2.80. The summed E-state index contributed by atoms with van der Waals surface area (Å²) in [7, 11) is 0. The van der Waals surface area contributed by atoms with Crippen LogP contribution >= 0.6 is 0 Å². The SMILES string of the molecule is O=C(O)O[C@H]1[C@H](O[C@H]2[C@H](O)[C@@H](O)[C@H](O)O[C@@H]2CO)O[C@H](CO)[C@H](O)[C@@H]1O. The molecule has 8 N–H and O–H groups in total. The Morgan fingerprint density at radius 3 is 1.92 bits per heavy atom. The number of aliphatic hydroxyl groups is 7. The van der Waals surface area contributed by atoms with Gasteiger partial charge in [-0.2, -0.15) is 0 Å². The highest BCUT2D eigenvalue weighted by Crippen LogP contribution is 2.29. The van der Waals surface area contributed by atoms with Crippen molar-refractivity contribution in [1.82, 2.24) is 0 Å². The topological polar surface area (TPSA) is 216 Å². The van der Waals surface area contributed by atoms with Gasteiger partial charge in [-0.05, 0) is 0 Å². The van der Waals surface area contributed by atoms with E-state index >= 15 is 0 Å². The van der Waals surface area contributed by atoms with E-state index in [0.717, 1.165) is 0 Å². The quantitative estimate of drug-likeness (QED) is 0.209. The molecular formula is C13H22O13. The van der Waals surface area contributed by atoms with Crippen molar-refractivity contribution in [3.05, 3.63) is 0 Å². The zero-order valence-corrected chi connectivity index (χ0v) is 13.3. The second-order valence-corrected chi connectivity index (χ2v) is 5.88. The van der Waals surface area contributed by atoms with Crippen molar-refractivity contribution in [2.45, 2.75) is 61.4 Å². The molecule has 0 aromatic rings. The zero-order valence-electron chi connectivity index (χ0n) is 13.3. The van der Waals surface area contributed by atoms with E-state index in [0.29, 0.717) is 0 Å². The van der Waals surface area contributed by atoms with Gasteiger partial charge in [0.2, 0.25) is 0 Å². The largest absolute Gasteiger partial charge is 0.506 e. The van der Waals surface area contributed by atoms with E-state index in [1.807, 2.05) is 0 Å². The van der Waals surface area contributed by atoms with Crippen molar-refractivity contribution in [1.29, 1.82) is 0 Å². The van der Waals surface area contributed by atoms with Gasteiger partial charge in [-0.1, -0.05) is 0 Å². The molecule has 0 spiro atoms. The number of carboxylic acid groups (broad SMARTS) is 1. The average molecular weight is 386 g/mol. The highest BCUT2D eigenvalue weighted by atomic mass is 16.8. The first-order chi connectivity index (χ1) is 12.2. The Hall–Kier alpha value is -1.13. The number of hydrogen-bond donors (Lipinski definition) is 8. The van der Waals surface area contributed by atoms with E-state index in [1.165, 1.54) is 0 Å². The molecule has 2 heterocycles. The third kappa shape index (κ3) is 4.23. The van der Waals surface area contributed by atoms with Crippen LogP contribution in [0.4, 0.5) is 4.79 Å². The molecular weight excluding hydrogens is 364 g/mol. The number of rotatable bonds is 5. The predicted octanol–water partition coefficient (Wildman–Crippen LogP) is -4.69. The van der Waals surface area contributed by atoms with Gasteiger partial charge in [0, 0.05) is 0 Å².